The van der Waals surface area contributed by atoms with Gasteiger partial charge in [0.2, 0.25) is 0 Å². The fraction of sp³-hybridized carbons (Fsp3) is 0.167. The number of thiophene rings is 1. The summed E-state index contributed by atoms with van der Waals surface area (Å²) in [5.74, 6) is 0.615. The van der Waals surface area contributed by atoms with Crippen LogP contribution in [0.15, 0.2) is 30.5 Å². The predicted molar refractivity (Wildman–Crippen MR) is 70.8 cm³/mol. The first kappa shape index (κ1) is 12.9. The average Bonchev–Trinajstić information content (AvgIpc) is 3.03. The smallest absolute Gasteiger partial charge is 0.372 e. The first-order valence-corrected chi connectivity index (χ1v) is 6.50. The number of halogens is 3. The van der Waals surface area contributed by atoms with Crippen LogP contribution in [-0.2, 0) is 6.18 Å². The molecule has 0 radical (unpaired) electrons. The molecule has 4 nitrogen and oxygen atoms in total. The summed E-state index contributed by atoms with van der Waals surface area (Å²) in [6.45, 7) is 0. The molecular weight excluding hydrogens is 289 g/mol. The molecule has 0 aliphatic heterocycles. The maximum absolute atomic E-state index is 12.6. The summed E-state index contributed by atoms with van der Waals surface area (Å²) in [5.41, 5.74) is 1.12. The number of rotatable bonds is 2. The Balaban J connectivity index is 2.12. The van der Waals surface area contributed by atoms with Crippen molar-refractivity contribution in [3.05, 3.63) is 35.3 Å². The van der Waals surface area contributed by atoms with E-state index in [2.05, 4.69) is 15.4 Å². The van der Waals surface area contributed by atoms with Crippen molar-refractivity contribution in [2.75, 3.05) is 12.4 Å². The van der Waals surface area contributed by atoms with E-state index < -0.39 is 11.1 Å². The van der Waals surface area contributed by atoms with Crippen molar-refractivity contribution in [2.24, 2.45) is 0 Å². The molecule has 0 saturated carbocycles. The number of alkyl halides is 3. The third kappa shape index (κ3) is 2.11. The Bertz CT molecular complexity index is 759. The van der Waals surface area contributed by atoms with Gasteiger partial charge in [-0.15, -0.1) is 16.4 Å². The van der Waals surface area contributed by atoms with Crippen molar-refractivity contribution in [1.29, 1.82) is 0 Å². The highest BCUT2D eigenvalue weighted by Gasteiger charge is 2.32. The molecule has 20 heavy (non-hydrogen) atoms. The second kappa shape index (κ2) is 4.48. The van der Waals surface area contributed by atoms with Gasteiger partial charge in [0, 0.05) is 7.05 Å². The molecule has 0 spiro atoms. The lowest BCUT2D eigenvalue weighted by molar-refractivity contribution is -0.134. The van der Waals surface area contributed by atoms with Crippen molar-refractivity contribution in [2.45, 2.75) is 6.18 Å². The number of nitrogens with one attached hydrogen (secondary N) is 1. The van der Waals surface area contributed by atoms with E-state index in [4.69, 9.17) is 0 Å². The van der Waals surface area contributed by atoms with Crippen LogP contribution in [0.3, 0.4) is 0 Å². The van der Waals surface area contributed by atoms with Crippen LogP contribution in [0.25, 0.3) is 16.2 Å². The van der Waals surface area contributed by atoms with E-state index in [9.17, 15) is 13.2 Å². The SMILES string of the molecule is CNc1ccc2ncc(-c3ccc(C(F)(F)F)s3)n2n1. The van der Waals surface area contributed by atoms with Crippen LogP contribution in [0.4, 0.5) is 19.0 Å². The van der Waals surface area contributed by atoms with Gasteiger partial charge in [0.15, 0.2) is 5.65 Å². The Morgan fingerprint density at radius 2 is 2.00 bits per heavy atom. The Hall–Kier alpha value is -2.09. The molecule has 0 saturated heterocycles. The fourth-order valence-corrected chi connectivity index (χ4v) is 2.67. The van der Waals surface area contributed by atoms with E-state index >= 15 is 0 Å². The minimum Gasteiger partial charge on any atom is -0.372 e. The molecule has 3 heterocycles. The van der Waals surface area contributed by atoms with Gasteiger partial charge in [-0.2, -0.15) is 13.2 Å². The van der Waals surface area contributed by atoms with Crippen molar-refractivity contribution < 1.29 is 13.2 Å². The number of fused-ring (bicyclic) bond motifs is 1. The van der Waals surface area contributed by atoms with Crippen LogP contribution < -0.4 is 5.32 Å². The standard InChI is InChI=1S/C12H9F3N4S/c1-16-10-4-5-11-17-6-7(19(11)18-10)8-2-3-9(20-8)12(13,14)15/h2-6H,1H3,(H,16,18). The number of imidazole rings is 1. The molecule has 0 aliphatic rings. The summed E-state index contributed by atoms with van der Waals surface area (Å²) >= 11 is 0.680. The van der Waals surface area contributed by atoms with Gasteiger partial charge in [-0.3, -0.25) is 0 Å². The van der Waals surface area contributed by atoms with Crippen LogP contribution in [-0.4, -0.2) is 21.6 Å². The molecule has 3 aromatic rings. The van der Waals surface area contributed by atoms with E-state index in [1.54, 1.807) is 19.2 Å². The second-order valence-corrected chi connectivity index (χ2v) is 5.13. The quantitative estimate of drug-likeness (QED) is 0.787. The molecule has 0 bridgehead atoms. The van der Waals surface area contributed by atoms with Gasteiger partial charge in [-0.05, 0) is 24.3 Å². The summed E-state index contributed by atoms with van der Waals surface area (Å²) in [6, 6.07) is 6.01. The van der Waals surface area contributed by atoms with E-state index in [0.717, 1.165) is 6.07 Å². The first-order valence-electron chi connectivity index (χ1n) is 5.69. The van der Waals surface area contributed by atoms with Gasteiger partial charge in [-0.1, -0.05) is 0 Å². The summed E-state index contributed by atoms with van der Waals surface area (Å²) in [5, 5.41) is 7.15. The van der Waals surface area contributed by atoms with Crippen molar-refractivity contribution >= 4 is 22.8 Å². The number of anilines is 1. The lowest BCUT2D eigenvalue weighted by Gasteiger charge is -2.02. The number of hydrogen-bond donors (Lipinski definition) is 1. The Kier molecular flexibility index (Phi) is 2.89. The molecule has 0 unspecified atom stereocenters. The lowest BCUT2D eigenvalue weighted by atomic mass is 10.3. The highest BCUT2D eigenvalue weighted by molar-refractivity contribution is 7.15. The number of hydrogen-bond acceptors (Lipinski definition) is 4. The van der Waals surface area contributed by atoms with Gasteiger partial charge in [0.25, 0.3) is 0 Å². The zero-order valence-corrected chi connectivity index (χ0v) is 11.1. The maximum atomic E-state index is 12.6. The van der Waals surface area contributed by atoms with Crippen molar-refractivity contribution in [3.8, 4) is 10.6 Å². The molecule has 0 amide bonds. The Morgan fingerprint density at radius 1 is 1.20 bits per heavy atom. The zero-order chi connectivity index (χ0) is 14.3. The Morgan fingerprint density at radius 3 is 2.65 bits per heavy atom. The van der Waals surface area contributed by atoms with Gasteiger partial charge in [0.05, 0.1) is 11.1 Å². The average molecular weight is 298 g/mol. The van der Waals surface area contributed by atoms with E-state index in [1.807, 2.05) is 0 Å². The molecule has 3 aromatic heterocycles. The molecule has 0 aliphatic carbocycles. The Labute approximate surface area is 115 Å². The summed E-state index contributed by atoms with van der Waals surface area (Å²) in [7, 11) is 1.72. The second-order valence-electron chi connectivity index (χ2n) is 4.04. The summed E-state index contributed by atoms with van der Waals surface area (Å²) in [6.07, 6.45) is -2.80. The van der Waals surface area contributed by atoms with Crippen LogP contribution in [0, 0.1) is 0 Å². The molecule has 104 valence electrons. The van der Waals surface area contributed by atoms with Crippen LogP contribution in [0.5, 0.6) is 0 Å². The van der Waals surface area contributed by atoms with Gasteiger partial charge < -0.3 is 5.32 Å². The van der Waals surface area contributed by atoms with Crippen LogP contribution in [0.1, 0.15) is 4.88 Å². The highest BCUT2D eigenvalue weighted by atomic mass is 32.1. The topological polar surface area (TPSA) is 42.2 Å². The zero-order valence-electron chi connectivity index (χ0n) is 10.3. The van der Waals surface area contributed by atoms with Crippen molar-refractivity contribution in [1.82, 2.24) is 14.6 Å². The van der Waals surface area contributed by atoms with E-state index in [-0.39, 0.29) is 0 Å². The van der Waals surface area contributed by atoms with E-state index in [0.29, 0.717) is 33.4 Å². The number of nitrogens with zero attached hydrogens (tertiary/aromatic N) is 3. The largest absolute Gasteiger partial charge is 0.425 e. The van der Waals surface area contributed by atoms with Gasteiger partial charge in [-0.25, -0.2) is 9.50 Å². The lowest BCUT2D eigenvalue weighted by Crippen LogP contribution is -2.00. The van der Waals surface area contributed by atoms with Crippen LogP contribution >= 0.6 is 11.3 Å². The third-order valence-electron chi connectivity index (χ3n) is 2.76. The molecule has 8 heteroatoms. The summed E-state index contributed by atoms with van der Waals surface area (Å²) in [4.78, 5) is 3.99. The van der Waals surface area contributed by atoms with E-state index in [1.165, 1.54) is 16.8 Å². The minimum absolute atomic E-state index is 0.477. The van der Waals surface area contributed by atoms with Gasteiger partial charge in [0.1, 0.15) is 16.4 Å². The fourth-order valence-electron chi connectivity index (χ4n) is 1.80. The third-order valence-corrected chi connectivity index (χ3v) is 3.91. The molecule has 0 fully saturated rings. The minimum atomic E-state index is -4.33. The van der Waals surface area contributed by atoms with Crippen molar-refractivity contribution in [3.63, 3.8) is 0 Å². The van der Waals surface area contributed by atoms with Crippen LogP contribution in [0.2, 0.25) is 0 Å². The molecule has 1 N–H and O–H groups in total. The molecule has 3 rings (SSSR count). The normalized spacial score (nSPS) is 12.0. The maximum Gasteiger partial charge on any atom is 0.425 e. The number of aromatic nitrogens is 3. The molecule has 0 aromatic carbocycles. The monoisotopic (exact) mass is 298 g/mol. The molecule has 0 atom stereocenters. The molecular formula is C12H9F3N4S. The highest BCUT2D eigenvalue weighted by Crippen LogP contribution is 2.38. The first-order chi connectivity index (χ1) is 9.49. The summed E-state index contributed by atoms with van der Waals surface area (Å²) < 4.78 is 39.4. The predicted octanol–water partition coefficient (Wildman–Crippen LogP) is 3.52. The van der Waals surface area contributed by atoms with Gasteiger partial charge >= 0.3 is 6.18 Å².